The Morgan fingerprint density at radius 2 is 1.59 bits per heavy atom. The summed E-state index contributed by atoms with van der Waals surface area (Å²) in [6.45, 7) is 2.81. The lowest BCUT2D eigenvalue weighted by Crippen LogP contribution is -2.34. The van der Waals surface area contributed by atoms with Gasteiger partial charge in [0, 0.05) is 37.8 Å². The Kier molecular flexibility index (Phi) is 9.74. The number of nitrogens with zero attached hydrogens (tertiary/aromatic N) is 2. The number of aliphatic hydroxyl groups excluding tert-OH is 1. The van der Waals surface area contributed by atoms with Crippen molar-refractivity contribution in [3.8, 4) is 34.1 Å². The molecule has 9 nitrogen and oxygen atoms in total. The van der Waals surface area contributed by atoms with Crippen LogP contribution in [0.4, 0.5) is 5.69 Å². The first kappa shape index (κ1) is 27.3. The van der Waals surface area contributed by atoms with Crippen molar-refractivity contribution in [3.63, 3.8) is 0 Å². The highest BCUT2D eigenvalue weighted by Gasteiger charge is 2.16. The number of methoxy groups -OCH3 is 3. The number of amides is 1. The number of carbonyl (C=O) groups is 1. The molecule has 0 saturated heterocycles. The number of carbonyl (C=O) groups excluding carboxylic acids is 1. The summed E-state index contributed by atoms with van der Waals surface area (Å²) >= 11 is 0. The van der Waals surface area contributed by atoms with Crippen molar-refractivity contribution in [2.45, 2.75) is 13.3 Å². The Balaban J connectivity index is 0.00000507. The second-order valence-corrected chi connectivity index (χ2v) is 8.02. The molecule has 198 valence electrons. The van der Waals surface area contributed by atoms with E-state index in [4.69, 9.17) is 24.7 Å². The molecule has 1 amide bonds. The van der Waals surface area contributed by atoms with Crippen LogP contribution in [0, 0.1) is 0 Å². The third-order valence-corrected chi connectivity index (χ3v) is 5.58. The van der Waals surface area contributed by atoms with Crippen molar-refractivity contribution in [3.05, 3.63) is 66.2 Å². The van der Waals surface area contributed by atoms with E-state index in [1.54, 1.807) is 35.2 Å². The van der Waals surface area contributed by atoms with Crippen LogP contribution < -0.4 is 24.7 Å². The summed E-state index contributed by atoms with van der Waals surface area (Å²) in [5, 5.41) is 9.28. The van der Waals surface area contributed by atoms with Gasteiger partial charge in [-0.1, -0.05) is 37.3 Å². The van der Waals surface area contributed by atoms with Crippen molar-refractivity contribution in [1.82, 2.24) is 4.90 Å². The molecule has 0 atom stereocenters. The summed E-state index contributed by atoms with van der Waals surface area (Å²) in [4.78, 5) is 18.8. The molecule has 0 saturated carbocycles. The molecule has 0 aliphatic heterocycles. The molecule has 0 fully saturated rings. The Labute approximate surface area is 218 Å². The van der Waals surface area contributed by atoms with Crippen molar-refractivity contribution in [2.24, 2.45) is 10.7 Å². The van der Waals surface area contributed by atoms with Gasteiger partial charge in [-0.15, -0.1) is 0 Å². The summed E-state index contributed by atoms with van der Waals surface area (Å²) in [6.07, 6.45) is 0.813. The predicted molar refractivity (Wildman–Crippen MR) is 145 cm³/mol. The summed E-state index contributed by atoms with van der Waals surface area (Å²) < 4.78 is 22.0. The average Bonchev–Trinajstić information content (AvgIpc) is 2.92. The molecular weight excluding hydrogens is 474 g/mol. The molecule has 3 N–H and O–H groups in total. The van der Waals surface area contributed by atoms with Crippen LogP contribution in [0.3, 0.4) is 0 Å². The quantitative estimate of drug-likeness (QED) is 0.289. The summed E-state index contributed by atoms with van der Waals surface area (Å²) in [5.74, 6) is 1.72. The van der Waals surface area contributed by atoms with Crippen molar-refractivity contribution in [1.29, 1.82) is 0 Å². The van der Waals surface area contributed by atoms with Crippen molar-refractivity contribution >= 4 is 17.6 Å². The number of hydrogen-bond donors (Lipinski definition) is 2. The van der Waals surface area contributed by atoms with Crippen LogP contribution in [0.5, 0.6) is 23.0 Å². The molecule has 3 aromatic rings. The fraction of sp³-hybridized carbons (Fsp3) is 0.286. The maximum Gasteiger partial charge on any atom is 0.292 e. The molecule has 0 radical (unpaired) electrons. The van der Waals surface area contributed by atoms with E-state index in [1.807, 2.05) is 37.3 Å². The number of ether oxygens (including phenoxy) is 4. The summed E-state index contributed by atoms with van der Waals surface area (Å²) in [6, 6.07) is 17.9. The Morgan fingerprint density at radius 1 is 0.946 bits per heavy atom. The third-order valence-electron chi connectivity index (χ3n) is 5.58. The minimum Gasteiger partial charge on any atom is -0.493 e. The highest BCUT2D eigenvalue weighted by molar-refractivity contribution is 5.95. The lowest BCUT2D eigenvalue weighted by atomic mass is 10.0. The van der Waals surface area contributed by atoms with Crippen LogP contribution in [-0.2, 0) is 0 Å². The van der Waals surface area contributed by atoms with E-state index in [9.17, 15) is 9.90 Å². The number of para-hydroxylation sites is 1. The van der Waals surface area contributed by atoms with E-state index in [1.165, 1.54) is 21.3 Å². The molecule has 0 bridgehead atoms. The highest BCUT2D eigenvalue weighted by atomic mass is 16.5. The van der Waals surface area contributed by atoms with E-state index in [2.05, 4.69) is 4.99 Å². The number of amidine groups is 1. The molecule has 3 aromatic carbocycles. The maximum absolute atomic E-state index is 12.8. The number of rotatable bonds is 11. The topological polar surface area (TPSA) is 116 Å². The lowest BCUT2D eigenvalue weighted by molar-refractivity contribution is 0.0722. The van der Waals surface area contributed by atoms with E-state index < -0.39 is 0 Å². The van der Waals surface area contributed by atoms with Crippen LogP contribution in [0.15, 0.2) is 65.7 Å². The molecule has 0 unspecified atom stereocenters. The molecule has 0 aliphatic rings. The fourth-order valence-corrected chi connectivity index (χ4v) is 3.87. The molecule has 0 aliphatic carbocycles. The van der Waals surface area contributed by atoms with Crippen LogP contribution in [-0.4, -0.2) is 63.0 Å². The van der Waals surface area contributed by atoms with E-state index in [0.717, 1.165) is 17.5 Å². The summed E-state index contributed by atoms with van der Waals surface area (Å²) in [5.41, 5.74) is 8.78. The lowest BCUT2D eigenvalue weighted by Gasteiger charge is -2.21. The van der Waals surface area contributed by atoms with Crippen LogP contribution in [0.2, 0.25) is 0 Å². The van der Waals surface area contributed by atoms with Gasteiger partial charge in [-0.3, -0.25) is 4.79 Å². The fourth-order valence-electron chi connectivity index (χ4n) is 3.87. The maximum atomic E-state index is 12.8. The zero-order valence-electron chi connectivity index (χ0n) is 21.6. The van der Waals surface area contributed by atoms with Gasteiger partial charge in [0.05, 0.1) is 33.6 Å². The molecule has 0 heterocycles. The zero-order valence-corrected chi connectivity index (χ0v) is 21.6. The first-order valence-corrected chi connectivity index (χ1v) is 11.9. The highest BCUT2D eigenvalue weighted by Crippen LogP contribution is 2.41. The van der Waals surface area contributed by atoms with Crippen LogP contribution in [0.1, 0.15) is 25.1 Å². The zero-order chi connectivity index (χ0) is 26.8. The monoisotopic (exact) mass is 509 g/mol. The minimum atomic E-state index is -0.117. The standard InChI is InChI=1S/C28H33N3O6.H2/c1-5-14-31(15-16-32)27(33)20-12-10-19(11-13-20)22-8-6-7-9-23(22)37-28(29)30-21-17-24(34-2)26(36-4)25(18-21)35-3;/h6-13,17-18,32H,5,14-16H2,1-4H3,(H2,29,30);1H. The predicted octanol–water partition coefficient (Wildman–Crippen LogP) is 4.50. The van der Waals surface area contributed by atoms with Gasteiger partial charge in [0.1, 0.15) is 5.75 Å². The van der Waals surface area contributed by atoms with Gasteiger partial charge >= 0.3 is 0 Å². The van der Waals surface area contributed by atoms with Crippen molar-refractivity contribution in [2.75, 3.05) is 41.0 Å². The number of nitrogens with two attached hydrogens (primary N) is 1. The van der Waals surface area contributed by atoms with Gasteiger partial charge in [-0.25, -0.2) is 0 Å². The number of hydrogen-bond acceptors (Lipinski definition) is 7. The molecule has 0 aromatic heterocycles. The van der Waals surface area contributed by atoms with Gasteiger partial charge in [0.2, 0.25) is 5.75 Å². The Morgan fingerprint density at radius 3 is 2.16 bits per heavy atom. The second kappa shape index (κ2) is 13.2. The molecule has 3 rings (SSSR count). The van der Waals surface area contributed by atoms with Gasteiger partial charge < -0.3 is 34.7 Å². The number of benzene rings is 3. The third kappa shape index (κ3) is 6.71. The Hall–Kier alpha value is -4.24. The minimum absolute atomic E-state index is 0. The van der Waals surface area contributed by atoms with Gasteiger partial charge in [-0.2, -0.15) is 4.99 Å². The first-order chi connectivity index (χ1) is 17.9. The van der Waals surface area contributed by atoms with Crippen LogP contribution >= 0.6 is 0 Å². The molecular formula is C28H35N3O6. The van der Waals surface area contributed by atoms with Gasteiger partial charge in [0.15, 0.2) is 11.5 Å². The van der Waals surface area contributed by atoms with Crippen molar-refractivity contribution < 1.29 is 30.3 Å². The summed E-state index contributed by atoms with van der Waals surface area (Å²) in [7, 11) is 4.57. The smallest absolute Gasteiger partial charge is 0.292 e. The molecule has 0 spiro atoms. The van der Waals surface area contributed by atoms with E-state index >= 15 is 0 Å². The SMILES string of the molecule is CCCN(CCO)C(=O)c1ccc(-c2ccccc2OC(N)=Nc2cc(OC)c(OC)c(OC)c2)cc1.[HH]. The normalized spacial score (nSPS) is 11.1. The molecule has 9 heteroatoms. The number of aliphatic imine (C=N–C) groups is 1. The first-order valence-electron chi connectivity index (χ1n) is 11.9. The number of aliphatic hydroxyl groups is 1. The van der Waals surface area contributed by atoms with E-state index in [-0.39, 0.29) is 20.0 Å². The average molecular weight is 510 g/mol. The van der Waals surface area contributed by atoms with Crippen LogP contribution in [0.25, 0.3) is 11.1 Å². The molecule has 37 heavy (non-hydrogen) atoms. The second-order valence-electron chi connectivity index (χ2n) is 8.02. The van der Waals surface area contributed by atoms with Gasteiger partial charge in [0.25, 0.3) is 11.9 Å². The van der Waals surface area contributed by atoms with Gasteiger partial charge in [-0.05, 0) is 30.2 Å². The largest absolute Gasteiger partial charge is 0.493 e. The van der Waals surface area contributed by atoms with E-state index in [0.29, 0.717) is 47.3 Å². The Bertz CT molecular complexity index is 1200.